The number of anilines is 1. The molecular formula is C20H25ClN4O3. The van der Waals surface area contributed by atoms with Gasteiger partial charge in [-0.1, -0.05) is 36.4 Å². The van der Waals surface area contributed by atoms with E-state index in [9.17, 15) is 14.9 Å². The number of nitrogens with two attached hydrogens (primary N) is 1. The number of non-ortho nitro benzene ring substituents is 1. The van der Waals surface area contributed by atoms with Gasteiger partial charge in [-0.15, -0.1) is 12.4 Å². The molecule has 3 rings (SSSR count). The highest BCUT2D eigenvalue weighted by Gasteiger charge is 2.27. The highest BCUT2D eigenvalue weighted by Crippen LogP contribution is 2.31. The van der Waals surface area contributed by atoms with Crippen LogP contribution in [0.2, 0.25) is 0 Å². The fourth-order valence-electron chi connectivity index (χ4n) is 3.40. The van der Waals surface area contributed by atoms with Crippen LogP contribution in [0.15, 0.2) is 48.5 Å². The number of halogens is 1. The highest BCUT2D eigenvalue weighted by molar-refractivity contribution is 5.97. The van der Waals surface area contributed by atoms with Crippen molar-refractivity contribution >= 4 is 29.7 Å². The van der Waals surface area contributed by atoms with E-state index in [0.29, 0.717) is 25.3 Å². The lowest BCUT2D eigenvalue weighted by molar-refractivity contribution is -0.384. The molecule has 0 saturated carbocycles. The molecule has 0 fully saturated rings. The first-order valence-corrected chi connectivity index (χ1v) is 9.12. The van der Waals surface area contributed by atoms with E-state index < -0.39 is 4.92 Å². The average molecular weight is 405 g/mol. The Balaban J connectivity index is 0.00000280. The Morgan fingerprint density at radius 2 is 1.93 bits per heavy atom. The van der Waals surface area contributed by atoms with Crippen LogP contribution in [0.4, 0.5) is 11.4 Å². The maximum atomic E-state index is 12.9. The number of amides is 1. The number of fused-ring (bicyclic) bond motifs is 1. The molecule has 0 unspecified atom stereocenters. The van der Waals surface area contributed by atoms with Crippen molar-refractivity contribution in [2.75, 3.05) is 37.6 Å². The Morgan fingerprint density at radius 3 is 2.61 bits per heavy atom. The molecular weight excluding hydrogens is 380 g/mol. The third-order valence-electron chi connectivity index (χ3n) is 4.84. The third kappa shape index (κ3) is 5.28. The lowest BCUT2D eigenvalue weighted by Gasteiger charge is -2.25. The zero-order valence-corrected chi connectivity index (χ0v) is 16.4. The first-order chi connectivity index (χ1) is 13.1. The van der Waals surface area contributed by atoms with Crippen molar-refractivity contribution in [1.29, 1.82) is 0 Å². The van der Waals surface area contributed by atoms with Crippen LogP contribution < -0.4 is 10.6 Å². The molecule has 1 heterocycles. The Hall–Kier alpha value is -2.48. The topological polar surface area (TPSA) is 92.7 Å². The Labute approximate surface area is 170 Å². The Bertz CT molecular complexity index is 816. The number of hydrogen-bond donors (Lipinski definition) is 1. The van der Waals surface area contributed by atoms with E-state index in [1.165, 1.54) is 17.7 Å². The molecule has 1 amide bonds. The van der Waals surface area contributed by atoms with Gasteiger partial charge in [-0.25, -0.2) is 0 Å². The van der Waals surface area contributed by atoms with Crippen LogP contribution >= 0.6 is 12.4 Å². The molecule has 0 saturated heterocycles. The van der Waals surface area contributed by atoms with Crippen molar-refractivity contribution in [3.63, 3.8) is 0 Å². The predicted molar refractivity (Wildman–Crippen MR) is 112 cm³/mol. The van der Waals surface area contributed by atoms with Crippen molar-refractivity contribution in [3.8, 4) is 0 Å². The van der Waals surface area contributed by atoms with Gasteiger partial charge in [0.05, 0.1) is 17.2 Å². The number of rotatable bonds is 8. The molecule has 1 aliphatic heterocycles. The van der Waals surface area contributed by atoms with Crippen molar-refractivity contribution in [2.24, 2.45) is 5.73 Å². The molecule has 2 aromatic rings. The summed E-state index contributed by atoms with van der Waals surface area (Å²) in [5.74, 6) is -0.0456. The maximum absolute atomic E-state index is 12.9. The number of hydrogen-bond acceptors (Lipinski definition) is 5. The van der Waals surface area contributed by atoms with E-state index in [1.54, 1.807) is 11.0 Å². The van der Waals surface area contributed by atoms with Crippen LogP contribution in [0.3, 0.4) is 0 Å². The molecule has 2 N–H and O–H groups in total. The van der Waals surface area contributed by atoms with E-state index in [4.69, 9.17) is 5.73 Å². The third-order valence-corrected chi connectivity index (χ3v) is 4.84. The summed E-state index contributed by atoms with van der Waals surface area (Å²) in [7, 11) is 0. The van der Waals surface area contributed by atoms with E-state index >= 15 is 0 Å². The normalized spacial score (nSPS) is 12.6. The van der Waals surface area contributed by atoms with Crippen LogP contribution in [0.25, 0.3) is 0 Å². The lowest BCUT2D eigenvalue weighted by Crippen LogP contribution is -2.42. The van der Waals surface area contributed by atoms with E-state index in [-0.39, 0.29) is 30.5 Å². The van der Waals surface area contributed by atoms with Crippen LogP contribution in [0.1, 0.15) is 11.1 Å². The summed E-state index contributed by atoms with van der Waals surface area (Å²) in [4.78, 5) is 27.2. The number of nitro groups is 1. The summed E-state index contributed by atoms with van der Waals surface area (Å²) in [5.41, 5.74) is 8.58. The van der Waals surface area contributed by atoms with Gasteiger partial charge in [0.15, 0.2) is 0 Å². The van der Waals surface area contributed by atoms with Crippen LogP contribution in [-0.4, -0.2) is 48.5 Å². The number of carbonyl (C=O) groups is 1. The molecule has 0 radical (unpaired) electrons. The molecule has 0 atom stereocenters. The van der Waals surface area contributed by atoms with E-state index in [2.05, 4.69) is 12.1 Å². The standard InChI is InChI=1S/C20H24N4O3.ClH/c21-10-13-22(11-8-16-4-2-1-3-5-16)15-20(25)23-12-9-17-6-7-18(24(26)27)14-19(17)23;/h1-7,14H,8-13,15,21H2;1H. The molecule has 0 aliphatic carbocycles. The minimum Gasteiger partial charge on any atom is -0.329 e. The molecule has 28 heavy (non-hydrogen) atoms. The van der Waals surface area contributed by atoms with Crippen molar-refractivity contribution in [2.45, 2.75) is 12.8 Å². The smallest absolute Gasteiger partial charge is 0.271 e. The molecule has 0 bridgehead atoms. The first-order valence-electron chi connectivity index (χ1n) is 9.12. The maximum Gasteiger partial charge on any atom is 0.271 e. The van der Waals surface area contributed by atoms with Crippen LogP contribution in [0, 0.1) is 10.1 Å². The zero-order valence-electron chi connectivity index (χ0n) is 15.6. The lowest BCUT2D eigenvalue weighted by atomic mass is 10.1. The number of carbonyl (C=O) groups excluding carboxylic acids is 1. The van der Waals surface area contributed by atoms with Crippen molar-refractivity contribution in [1.82, 2.24) is 4.90 Å². The Morgan fingerprint density at radius 1 is 1.18 bits per heavy atom. The van der Waals surface area contributed by atoms with Gasteiger partial charge < -0.3 is 10.6 Å². The fourth-order valence-corrected chi connectivity index (χ4v) is 3.40. The van der Waals surface area contributed by atoms with Gasteiger partial charge in [-0.3, -0.25) is 19.8 Å². The summed E-state index contributed by atoms with van der Waals surface area (Å²) in [6.45, 7) is 2.66. The summed E-state index contributed by atoms with van der Waals surface area (Å²) in [5, 5.41) is 11.0. The second-order valence-electron chi connectivity index (χ2n) is 6.67. The predicted octanol–water partition coefficient (Wildman–Crippen LogP) is 2.41. The van der Waals surface area contributed by atoms with Gasteiger partial charge in [-0.05, 0) is 24.0 Å². The van der Waals surface area contributed by atoms with Crippen molar-refractivity contribution < 1.29 is 9.72 Å². The molecule has 2 aromatic carbocycles. The van der Waals surface area contributed by atoms with Gasteiger partial charge in [-0.2, -0.15) is 0 Å². The van der Waals surface area contributed by atoms with E-state index in [1.807, 2.05) is 23.1 Å². The fraction of sp³-hybridized carbons (Fsp3) is 0.350. The average Bonchev–Trinajstić information content (AvgIpc) is 3.10. The van der Waals surface area contributed by atoms with Gasteiger partial charge in [0.2, 0.25) is 5.91 Å². The van der Waals surface area contributed by atoms with Gasteiger partial charge in [0.25, 0.3) is 5.69 Å². The second-order valence-corrected chi connectivity index (χ2v) is 6.67. The molecule has 1 aliphatic rings. The van der Waals surface area contributed by atoms with E-state index in [0.717, 1.165) is 24.9 Å². The largest absolute Gasteiger partial charge is 0.329 e. The van der Waals surface area contributed by atoms with Crippen LogP contribution in [-0.2, 0) is 17.6 Å². The number of benzene rings is 2. The summed E-state index contributed by atoms with van der Waals surface area (Å²) in [6, 6.07) is 14.9. The Kier molecular flexibility index (Phi) is 7.92. The minimum absolute atomic E-state index is 0. The zero-order chi connectivity index (χ0) is 19.2. The monoisotopic (exact) mass is 404 g/mol. The number of nitrogens with zero attached hydrogens (tertiary/aromatic N) is 3. The van der Waals surface area contributed by atoms with Gasteiger partial charge in [0, 0.05) is 38.3 Å². The molecule has 150 valence electrons. The van der Waals surface area contributed by atoms with Gasteiger partial charge in [0.1, 0.15) is 0 Å². The second kappa shape index (κ2) is 10.2. The summed E-state index contributed by atoms with van der Waals surface area (Å²) < 4.78 is 0. The highest BCUT2D eigenvalue weighted by atomic mass is 35.5. The number of nitro benzene ring substituents is 1. The van der Waals surface area contributed by atoms with Gasteiger partial charge >= 0.3 is 0 Å². The quantitative estimate of drug-likeness (QED) is 0.538. The van der Waals surface area contributed by atoms with Crippen molar-refractivity contribution in [3.05, 3.63) is 69.8 Å². The molecule has 0 aromatic heterocycles. The summed E-state index contributed by atoms with van der Waals surface area (Å²) in [6.07, 6.45) is 1.57. The minimum atomic E-state index is -0.429. The molecule has 8 heteroatoms. The molecule has 7 nitrogen and oxygen atoms in total. The first kappa shape index (κ1) is 21.8. The SMILES string of the molecule is Cl.NCCN(CCc1ccccc1)CC(=O)N1CCc2ccc([N+](=O)[O-])cc21. The van der Waals surface area contributed by atoms with Crippen LogP contribution in [0.5, 0.6) is 0 Å². The molecule has 0 spiro atoms. The summed E-state index contributed by atoms with van der Waals surface area (Å²) >= 11 is 0.